The quantitative estimate of drug-likeness (QED) is 0.426. The van der Waals surface area contributed by atoms with Crippen molar-refractivity contribution >= 4 is 6.09 Å². The van der Waals surface area contributed by atoms with Crippen LogP contribution in [-0.2, 0) is 4.74 Å². The molecule has 1 heterocycles. The van der Waals surface area contributed by atoms with Gasteiger partial charge in [-0.2, -0.15) is 0 Å². The van der Waals surface area contributed by atoms with E-state index in [4.69, 9.17) is 9.84 Å². The van der Waals surface area contributed by atoms with Gasteiger partial charge < -0.3 is 20.3 Å². The van der Waals surface area contributed by atoms with Gasteiger partial charge in [-0.3, -0.25) is 0 Å². The van der Waals surface area contributed by atoms with Crippen LogP contribution in [0.5, 0.6) is 0 Å². The molecule has 3 N–H and O–H groups in total. The number of rotatable bonds is 14. The molecule has 3 atom stereocenters. The van der Waals surface area contributed by atoms with Crippen molar-refractivity contribution in [3.05, 3.63) is 0 Å². The average molecular weight is 329 g/mol. The van der Waals surface area contributed by atoms with Crippen molar-refractivity contribution in [2.45, 2.75) is 102 Å². The van der Waals surface area contributed by atoms with Gasteiger partial charge in [0.1, 0.15) is 12.2 Å². The summed E-state index contributed by atoms with van der Waals surface area (Å²) in [5, 5.41) is 21.3. The molecule has 1 saturated heterocycles. The van der Waals surface area contributed by atoms with Gasteiger partial charge >= 0.3 is 6.09 Å². The highest BCUT2D eigenvalue weighted by atomic mass is 16.6. The number of nitrogens with one attached hydrogen (secondary N) is 1. The summed E-state index contributed by atoms with van der Waals surface area (Å²) in [6.45, 7) is 1.89. The number of hydrogen-bond donors (Lipinski definition) is 3. The van der Waals surface area contributed by atoms with Crippen molar-refractivity contribution in [1.82, 2.24) is 5.32 Å². The molecule has 0 aromatic rings. The second-order valence-corrected chi connectivity index (χ2v) is 6.69. The Kier molecular flexibility index (Phi) is 11.1. The van der Waals surface area contributed by atoms with Crippen LogP contribution in [0.25, 0.3) is 0 Å². The molecule has 0 saturated carbocycles. The monoisotopic (exact) mass is 329 g/mol. The van der Waals surface area contributed by atoms with E-state index < -0.39 is 18.2 Å². The Balaban J connectivity index is 1.97. The predicted octanol–water partition coefficient (Wildman–Crippen LogP) is 3.52. The minimum Gasteiger partial charge on any atom is -0.444 e. The normalized spacial score (nSPS) is 22.0. The van der Waals surface area contributed by atoms with Gasteiger partial charge in [-0.25, -0.2) is 4.79 Å². The summed E-state index contributed by atoms with van der Waals surface area (Å²) in [6.07, 6.45) is 13.1. The van der Waals surface area contributed by atoms with E-state index in [1.807, 2.05) is 0 Å². The van der Waals surface area contributed by atoms with E-state index >= 15 is 0 Å². The number of carbonyl (C=O) groups excluding carboxylic acids is 1. The number of aliphatic hydroxyl groups excluding tert-OH is 2. The highest BCUT2D eigenvalue weighted by Gasteiger charge is 2.37. The molecule has 1 aliphatic rings. The Hall–Kier alpha value is -0.810. The molecule has 1 aliphatic heterocycles. The molecule has 0 aliphatic carbocycles. The van der Waals surface area contributed by atoms with Gasteiger partial charge in [0.15, 0.2) is 0 Å². The maximum Gasteiger partial charge on any atom is 0.407 e. The molecule has 0 radical (unpaired) electrons. The van der Waals surface area contributed by atoms with Gasteiger partial charge in [-0.05, 0) is 12.8 Å². The van der Waals surface area contributed by atoms with Crippen LogP contribution in [0.15, 0.2) is 0 Å². The zero-order valence-corrected chi connectivity index (χ0v) is 14.6. The first kappa shape index (κ1) is 20.2. The van der Waals surface area contributed by atoms with Crippen LogP contribution >= 0.6 is 0 Å². The Morgan fingerprint density at radius 2 is 1.52 bits per heavy atom. The predicted molar refractivity (Wildman–Crippen MR) is 91.4 cm³/mol. The number of hydrogen-bond acceptors (Lipinski definition) is 4. The van der Waals surface area contributed by atoms with Crippen LogP contribution in [0.2, 0.25) is 0 Å². The number of aliphatic hydroxyl groups is 2. The molecular formula is C18H35NO4. The molecule has 23 heavy (non-hydrogen) atoms. The molecule has 5 heteroatoms. The molecular weight excluding hydrogens is 294 g/mol. The highest BCUT2D eigenvalue weighted by molar-refractivity contribution is 5.70. The maximum absolute atomic E-state index is 11.3. The zero-order valence-electron chi connectivity index (χ0n) is 14.6. The fourth-order valence-electron chi connectivity index (χ4n) is 3.18. The number of cyclic esters (lactones) is 1. The zero-order chi connectivity index (χ0) is 16.9. The first-order chi connectivity index (χ1) is 11.2. The molecule has 0 unspecified atom stereocenters. The van der Waals surface area contributed by atoms with Crippen molar-refractivity contribution < 1.29 is 19.7 Å². The minimum absolute atomic E-state index is 0.316. The lowest BCUT2D eigenvalue weighted by molar-refractivity contribution is 0.0356. The van der Waals surface area contributed by atoms with E-state index in [-0.39, 0.29) is 12.7 Å². The van der Waals surface area contributed by atoms with E-state index in [1.165, 1.54) is 57.8 Å². The Morgan fingerprint density at radius 1 is 1.00 bits per heavy atom. The van der Waals surface area contributed by atoms with Crippen molar-refractivity contribution in [3.63, 3.8) is 0 Å². The van der Waals surface area contributed by atoms with E-state index in [1.54, 1.807) is 0 Å². The molecule has 5 nitrogen and oxygen atoms in total. The lowest BCUT2D eigenvalue weighted by Gasteiger charge is -2.20. The summed E-state index contributed by atoms with van der Waals surface area (Å²) in [6, 6.07) is -0.476. The summed E-state index contributed by atoms with van der Waals surface area (Å²) in [7, 11) is 0. The van der Waals surface area contributed by atoms with Gasteiger partial charge in [-0.1, -0.05) is 71.1 Å². The first-order valence-corrected chi connectivity index (χ1v) is 9.45. The summed E-state index contributed by atoms with van der Waals surface area (Å²) < 4.78 is 5.17. The van der Waals surface area contributed by atoms with Crippen LogP contribution in [0, 0.1) is 0 Å². The second kappa shape index (κ2) is 12.6. The van der Waals surface area contributed by atoms with E-state index in [9.17, 15) is 9.90 Å². The molecule has 136 valence electrons. The van der Waals surface area contributed by atoms with Gasteiger partial charge in [0.2, 0.25) is 0 Å². The molecule has 1 fully saturated rings. The third-order valence-corrected chi connectivity index (χ3v) is 4.64. The number of carbonyl (C=O) groups is 1. The molecule has 1 rings (SSSR count). The van der Waals surface area contributed by atoms with Crippen LogP contribution < -0.4 is 5.32 Å². The SMILES string of the molecule is CCCCCCCCCCCCC[C@@H]1OC(=O)N[C@@H]1[C@@H](O)CO. The van der Waals surface area contributed by atoms with Crippen molar-refractivity contribution in [2.24, 2.45) is 0 Å². The Morgan fingerprint density at radius 3 is 2.04 bits per heavy atom. The van der Waals surface area contributed by atoms with Crippen molar-refractivity contribution in [2.75, 3.05) is 6.61 Å². The van der Waals surface area contributed by atoms with Gasteiger partial charge in [0, 0.05) is 0 Å². The van der Waals surface area contributed by atoms with Gasteiger partial charge in [0.25, 0.3) is 0 Å². The minimum atomic E-state index is -0.945. The topological polar surface area (TPSA) is 78.8 Å². The van der Waals surface area contributed by atoms with Crippen molar-refractivity contribution in [3.8, 4) is 0 Å². The lowest BCUT2D eigenvalue weighted by atomic mass is 9.99. The number of unbranched alkanes of at least 4 members (excludes halogenated alkanes) is 10. The summed E-state index contributed by atoms with van der Waals surface area (Å²) in [5.41, 5.74) is 0. The number of ether oxygens (including phenoxy) is 1. The van der Waals surface area contributed by atoms with Crippen LogP contribution in [0.3, 0.4) is 0 Å². The Labute approximate surface area is 140 Å². The molecule has 0 aromatic heterocycles. The van der Waals surface area contributed by atoms with E-state index in [0.29, 0.717) is 0 Å². The molecule has 0 bridgehead atoms. The summed E-state index contributed by atoms with van der Waals surface area (Å²) in [4.78, 5) is 11.3. The fourth-order valence-corrected chi connectivity index (χ4v) is 3.18. The van der Waals surface area contributed by atoms with Crippen LogP contribution in [0.4, 0.5) is 4.79 Å². The average Bonchev–Trinajstić information content (AvgIpc) is 2.92. The van der Waals surface area contributed by atoms with Gasteiger partial charge in [0.05, 0.1) is 12.6 Å². The first-order valence-electron chi connectivity index (χ1n) is 9.45. The smallest absolute Gasteiger partial charge is 0.407 e. The second-order valence-electron chi connectivity index (χ2n) is 6.69. The fraction of sp³-hybridized carbons (Fsp3) is 0.944. The van der Waals surface area contributed by atoms with E-state index in [2.05, 4.69) is 12.2 Å². The number of amides is 1. The standard InChI is InChI=1S/C18H35NO4/c1-2-3-4-5-6-7-8-9-10-11-12-13-16-17(15(21)14-20)19-18(22)23-16/h15-17,20-21H,2-14H2,1H3,(H,19,22)/t15-,16-,17+/m0/s1. The van der Waals surface area contributed by atoms with Crippen LogP contribution in [-0.4, -0.2) is 41.2 Å². The summed E-state index contributed by atoms with van der Waals surface area (Å²) in [5.74, 6) is 0. The van der Waals surface area contributed by atoms with Crippen LogP contribution in [0.1, 0.15) is 84.0 Å². The molecule has 0 spiro atoms. The van der Waals surface area contributed by atoms with E-state index in [0.717, 1.165) is 19.3 Å². The maximum atomic E-state index is 11.3. The largest absolute Gasteiger partial charge is 0.444 e. The lowest BCUT2D eigenvalue weighted by Crippen LogP contribution is -2.44. The number of alkyl carbamates (subject to hydrolysis) is 1. The Bertz CT molecular complexity index is 311. The highest BCUT2D eigenvalue weighted by Crippen LogP contribution is 2.19. The third-order valence-electron chi connectivity index (χ3n) is 4.64. The van der Waals surface area contributed by atoms with Gasteiger partial charge in [-0.15, -0.1) is 0 Å². The molecule has 0 aromatic carbocycles. The summed E-state index contributed by atoms with van der Waals surface area (Å²) >= 11 is 0. The molecule has 1 amide bonds. The van der Waals surface area contributed by atoms with Crippen molar-refractivity contribution in [1.29, 1.82) is 0 Å². The third kappa shape index (κ3) is 8.56.